The molecule has 0 radical (unpaired) electrons. The second-order valence-corrected chi connectivity index (χ2v) is 10.3. The highest BCUT2D eigenvalue weighted by atomic mass is 32.2. The van der Waals surface area contributed by atoms with Crippen LogP contribution in [0.5, 0.6) is 11.5 Å². The van der Waals surface area contributed by atoms with E-state index in [0.717, 1.165) is 43.2 Å². The molecular formula is C27H35NO4S2. The molecular weight excluding hydrogens is 466 g/mol. The topological polar surface area (TPSA) is 51.9 Å². The fourth-order valence-corrected chi connectivity index (χ4v) is 5.74. The van der Waals surface area contributed by atoms with Crippen LogP contribution in [0.25, 0.3) is 17.4 Å². The Morgan fingerprint density at radius 2 is 1.74 bits per heavy atom. The Bertz CT molecular complexity index is 1030. The first kappa shape index (κ1) is 26.4. The van der Waals surface area contributed by atoms with Crippen molar-refractivity contribution >= 4 is 40.3 Å². The maximum absolute atomic E-state index is 13.3. The average Bonchev–Trinajstić information content (AvgIpc) is 3.36. The second kappa shape index (κ2) is 11.9. The minimum atomic E-state index is -0.0306. The van der Waals surface area contributed by atoms with Crippen molar-refractivity contribution in [3.8, 4) is 22.8 Å². The molecule has 184 valence electrons. The van der Waals surface area contributed by atoms with Gasteiger partial charge in [0, 0.05) is 23.7 Å². The van der Waals surface area contributed by atoms with Crippen molar-refractivity contribution in [1.29, 1.82) is 0 Å². The van der Waals surface area contributed by atoms with Gasteiger partial charge in [-0.25, -0.2) is 0 Å². The third-order valence-corrected chi connectivity index (χ3v) is 7.68. The average molecular weight is 502 g/mol. The first-order valence-corrected chi connectivity index (χ1v) is 13.2. The van der Waals surface area contributed by atoms with Crippen molar-refractivity contribution in [2.24, 2.45) is 5.92 Å². The van der Waals surface area contributed by atoms with Gasteiger partial charge in [-0.1, -0.05) is 64.0 Å². The summed E-state index contributed by atoms with van der Waals surface area (Å²) in [4.78, 5) is 15.7. The molecule has 1 aliphatic rings. The highest BCUT2D eigenvalue weighted by Crippen LogP contribution is 2.38. The van der Waals surface area contributed by atoms with Gasteiger partial charge in [-0.3, -0.25) is 9.69 Å². The van der Waals surface area contributed by atoms with Crippen molar-refractivity contribution in [3.05, 3.63) is 40.5 Å². The van der Waals surface area contributed by atoms with Gasteiger partial charge in [0.1, 0.15) is 27.3 Å². The van der Waals surface area contributed by atoms with E-state index in [-0.39, 0.29) is 11.9 Å². The molecule has 1 aliphatic heterocycles. The van der Waals surface area contributed by atoms with Gasteiger partial charge in [0.15, 0.2) is 0 Å². The SMILES string of the molecule is CCCc1cc(-c2cc(OC)cc(OC)c2)oc1/C=C1\SC(=S)N(C(C)CC(CC)CC)C1=O. The maximum atomic E-state index is 13.3. The van der Waals surface area contributed by atoms with Crippen molar-refractivity contribution in [1.82, 2.24) is 4.90 Å². The Hall–Kier alpha value is -2.25. The van der Waals surface area contributed by atoms with E-state index in [9.17, 15) is 4.79 Å². The lowest BCUT2D eigenvalue weighted by Gasteiger charge is -2.26. The van der Waals surface area contributed by atoms with Crippen molar-refractivity contribution in [3.63, 3.8) is 0 Å². The molecule has 1 fully saturated rings. The molecule has 1 aromatic heterocycles. The summed E-state index contributed by atoms with van der Waals surface area (Å²) in [7, 11) is 3.25. The molecule has 5 nitrogen and oxygen atoms in total. The summed E-state index contributed by atoms with van der Waals surface area (Å²) < 4.78 is 17.7. The maximum Gasteiger partial charge on any atom is 0.266 e. The molecule has 7 heteroatoms. The third kappa shape index (κ3) is 5.87. The van der Waals surface area contributed by atoms with Crippen LogP contribution < -0.4 is 9.47 Å². The monoisotopic (exact) mass is 501 g/mol. The number of aryl methyl sites for hydroxylation is 1. The van der Waals surface area contributed by atoms with Gasteiger partial charge >= 0.3 is 0 Å². The molecule has 2 aromatic rings. The van der Waals surface area contributed by atoms with Crippen molar-refractivity contribution in [2.45, 2.75) is 65.8 Å². The van der Waals surface area contributed by atoms with Crippen LogP contribution in [0.2, 0.25) is 0 Å². The molecule has 0 N–H and O–H groups in total. The number of carbonyl (C=O) groups is 1. The quantitative estimate of drug-likeness (QED) is 0.237. The van der Waals surface area contributed by atoms with Gasteiger partial charge in [-0.15, -0.1) is 0 Å². The van der Waals surface area contributed by atoms with E-state index in [0.29, 0.717) is 38.2 Å². The Balaban J connectivity index is 1.93. The lowest BCUT2D eigenvalue weighted by atomic mass is 9.95. The van der Waals surface area contributed by atoms with Crippen molar-refractivity contribution < 1.29 is 18.7 Å². The van der Waals surface area contributed by atoms with Crippen LogP contribution in [0.3, 0.4) is 0 Å². The van der Waals surface area contributed by atoms with Crippen LogP contribution in [0.15, 0.2) is 33.6 Å². The Kier molecular flexibility index (Phi) is 9.25. The molecule has 1 atom stereocenters. The predicted molar refractivity (Wildman–Crippen MR) is 144 cm³/mol. The highest BCUT2D eigenvalue weighted by Gasteiger charge is 2.36. The summed E-state index contributed by atoms with van der Waals surface area (Å²) in [5, 5.41) is 0. The van der Waals surface area contributed by atoms with Gasteiger partial charge < -0.3 is 13.9 Å². The summed E-state index contributed by atoms with van der Waals surface area (Å²) in [6, 6.07) is 7.78. The number of hydrogen-bond acceptors (Lipinski definition) is 6. The molecule has 0 bridgehead atoms. The molecule has 3 rings (SSSR count). The zero-order valence-corrected chi connectivity index (χ0v) is 22.6. The summed E-state index contributed by atoms with van der Waals surface area (Å²) in [6.07, 6.45) is 6.84. The van der Waals surface area contributed by atoms with Crippen molar-refractivity contribution in [2.75, 3.05) is 14.2 Å². The summed E-state index contributed by atoms with van der Waals surface area (Å²) in [5.74, 6) is 3.36. The normalized spacial score (nSPS) is 16.1. The van der Waals surface area contributed by atoms with E-state index < -0.39 is 0 Å². The number of methoxy groups -OCH3 is 2. The van der Waals surface area contributed by atoms with Crippen LogP contribution in [-0.4, -0.2) is 35.4 Å². The zero-order valence-electron chi connectivity index (χ0n) is 21.0. The number of hydrogen-bond donors (Lipinski definition) is 0. The minimum Gasteiger partial charge on any atom is -0.497 e. The number of thiocarbonyl (C=S) groups is 1. The number of nitrogens with zero attached hydrogens (tertiary/aromatic N) is 1. The number of carbonyl (C=O) groups excluding carboxylic acids is 1. The Morgan fingerprint density at radius 3 is 2.29 bits per heavy atom. The molecule has 34 heavy (non-hydrogen) atoms. The second-order valence-electron chi connectivity index (χ2n) is 8.67. The van der Waals surface area contributed by atoms with E-state index in [1.54, 1.807) is 19.1 Å². The largest absolute Gasteiger partial charge is 0.497 e. The number of ether oxygens (including phenoxy) is 2. The van der Waals surface area contributed by atoms with E-state index in [4.69, 9.17) is 26.1 Å². The molecule has 0 saturated carbocycles. The molecule has 1 unspecified atom stereocenters. The van der Waals surface area contributed by atoms with Crippen LogP contribution >= 0.6 is 24.0 Å². The third-order valence-electron chi connectivity index (χ3n) is 6.35. The first-order valence-electron chi connectivity index (χ1n) is 12.0. The fraction of sp³-hybridized carbons (Fsp3) is 0.481. The van der Waals surface area contributed by atoms with Gasteiger partial charge in [0.2, 0.25) is 0 Å². The predicted octanol–water partition coefficient (Wildman–Crippen LogP) is 7.33. The minimum absolute atomic E-state index is 0.0306. The lowest BCUT2D eigenvalue weighted by Crippen LogP contribution is -2.37. The number of benzene rings is 1. The molecule has 1 aromatic carbocycles. The van der Waals surface area contributed by atoms with Gasteiger partial charge in [0.25, 0.3) is 5.91 Å². The molecule has 0 spiro atoms. The van der Waals surface area contributed by atoms with E-state index in [2.05, 4.69) is 27.7 Å². The fourth-order valence-electron chi connectivity index (χ4n) is 4.31. The smallest absolute Gasteiger partial charge is 0.266 e. The summed E-state index contributed by atoms with van der Waals surface area (Å²) in [6.45, 7) is 8.62. The number of furan rings is 1. The molecule has 1 saturated heterocycles. The molecule has 1 amide bonds. The standard InChI is InChI=1S/C27H35NO4S2/c1-7-10-19-14-23(20-12-21(30-5)15-22(13-20)31-6)32-24(19)16-25-26(29)28(27(33)34-25)17(4)11-18(8-2)9-3/h12-18H,7-11H2,1-6H3/b25-16-. The van der Waals surface area contributed by atoms with Crippen LogP contribution in [0.4, 0.5) is 0 Å². The van der Waals surface area contributed by atoms with Gasteiger partial charge in [0.05, 0.1) is 19.1 Å². The zero-order chi connectivity index (χ0) is 24.8. The number of rotatable bonds is 11. The lowest BCUT2D eigenvalue weighted by molar-refractivity contribution is -0.123. The van der Waals surface area contributed by atoms with Crippen LogP contribution in [0, 0.1) is 5.92 Å². The Morgan fingerprint density at radius 1 is 1.09 bits per heavy atom. The Labute approximate surface area is 212 Å². The first-order chi connectivity index (χ1) is 16.3. The molecule has 0 aliphatic carbocycles. The number of amides is 1. The van der Waals surface area contributed by atoms with Gasteiger partial charge in [-0.2, -0.15) is 0 Å². The number of thioether (sulfide) groups is 1. The summed E-state index contributed by atoms with van der Waals surface area (Å²) >= 11 is 6.96. The molecule has 2 heterocycles. The van der Waals surface area contributed by atoms with E-state index in [1.807, 2.05) is 30.3 Å². The van der Waals surface area contributed by atoms with Crippen LogP contribution in [-0.2, 0) is 11.2 Å². The van der Waals surface area contributed by atoms with E-state index >= 15 is 0 Å². The summed E-state index contributed by atoms with van der Waals surface area (Å²) in [5.41, 5.74) is 1.93. The van der Waals surface area contributed by atoms with Gasteiger partial charge in [-0.05, 0) is 49.4 Å². The highest BCUT2D eigenvalue weighted by molar-refractivity contribution is 8.26. The van der Waals surface area contributed by atoms with Crippen LogP contribution in [0.1, 0.15) is 64.7 Å². The van der Waals surface area contributed by atoms with E-state index in [1.165, 1.54) is 11.8 Å².